The zero-order valence-electron chi connectivity index (χ0n) is 10.2. The molecule has 0 saturated carbocycles. The van der Waals surface area contributed by atoms with Crippen LogP contribution in [0, 0.1) is 12.8 Å². The van der Waals surface area contributed by atoms with E-state index in [-0.39, 0.29) is 0 Å². The molecule has 0 aliphatic carbocycles. The number of hydrogen-bond donors (Lipinski definition) is 1. The van der Waals surface area contributed by atoms with Crippen molar-refractivity contribution in [2.24, 2.45) is 11.7 Å². The van der Waals surface area contributed by atoms with Crippen LogP contribution in [-0.4, -0.2) is 24.1 Å². The van der Waals surface area contributed by atoms with Gasteiger partial charge >= 0.3 is 0 Å². The molecule has 0 spiro atoms. The highest BCUT2D eigenvalue weighted by molar-refractivity contribution is 5.53. The van der Waals surface area contributed by atoms with Gasteiger partial charge in [-0.1, -0.05) is 6.92 Å². The predicted molar refractivity (Wildman–Crippen MR) is 67.6 cm³/mol. The van der Waals surface area contributed by atoms with Crippen molar-refractivity contribution in [3.63, 3.8) is 0 Å². The lowest BCUT2D eigenvalue weighted by Crippen LogP contribution is -2.49. The van der Waals surface area contributed by atoms with Crippen LogP contribution < -0.4 is 10.6 Å². The zero-order chi connectivity index (χ0) is 11.5. The molecule has 2 atom stereocenters. The summed E-state index contributed by atoms with van der Waals surface area (Å²) in [5, 5.41) is 0. The molecule has 1 aliphatic rings. The second-order valence-electron chi connectivity index (χ2n) is 4.78. The van der Waals surface area contributed by atoms with Gasteiger partial charge < -0.3 is 10.6 Å². The van der Waals surface area contributed by atoms with Gasteiger partial charge in [0.2, 0.25) is 0 Å². The summed E-state index contributed by atoms with van der Waals surface area (Å²) < 4.78 is 0. The largest absolute Gasteiger partial charge is 0.367 e. The summed E-state index contributed by atoms with van der Waals surface area (Å²) in [6.45, 7) is 6.29. The molecule has 1 fully saturated rings. The Morgan fingerprint density at radius 2 is 2.38 bits per heavy atom. The van der Waals surface area contributed by atoms with Gasteiger partial charge in [0.05, 0.1) is 0 Å². The maximum atomic E-state index is 5.91. The van der Waals surface area contributed by atoms with Crippen molar-refractivity contribution < 1.29 is 0 Å². The van der Waals surface area contributed by atoms with E-state index in [2.05, 4.69) is 29.8 Å². The van der Waals surface area contributed by atoms with Crippen LogP contribution in [-0.2, 0) is 0 Å². The standard InChI is InChI=1S/C13H21N3/c1-10-4-3-7-16(13(10)8-14)12-5-6-15-9-11(12)2/h5-6,9-10,13H,3-4,7-8,14H2,1-2H3. The number of aryl methyl sites for hydroxylation is 1. The molecule has 1 aromatic heterocycles. The van der Waals surface area contributed by atoms with Gasteiger partial charge in [0.15, 0.2) is 0 Å². The van der Waals surface area contributed by atoms with E-state index in [1.165, 1.54) is 24.1 Å². The van der Waals surface area contributed by atoms with Crippen molar-refractivity contribution in [2.75, 3.05) is 18.0 Å². The fourth-order valence-electron chi connectivity index (χ4n) is 2.70. The first-order valence-corrected chi connectivity index (χ1v) is 6.11. The number of hydrogen-bond acceptors (Lipinski definition) is 3. The summed E-state index contributed by atoms with van der Waals surface area (Å²) in [5.74, 6) is 0.686. The predicted octanol–water partition coefficient (Wildman–Crippen LogP) is 1.95. The lowest BCUT2D eigenvalue weighted by molar-refractivity contribution is 0.349. The number of anilines is 1. The molecule has 88 valence electrons. The van der Waals surface area contributed by atoms with Crippen molar-refractivity contribution in [1.29, 1.82) is 0 Å². The molecule has 16 heavy (non-hydrogen) atoms. The minimum atomic E-state index is 0.481. The topological polar surface area (TPSA) is 42.2 Å². The molecule has 0 bridgehead atoms. The Kier molecular flexibility index (Phi) is 3.44. The maximum Gasteiger partial charge on any atom is 0.0437 e. The van der Waals surface area contributed by atoms with Gasteiger partial charge in [-0.05, 0) is 37.3 Å². The van der Waals surface area contributed by atoms with Crippen molar-refractivity contribution in [3.8, 4) is 0 Å². The lowest BCUT2D eigenvalue weighted by Gasteiger charge is -2.41. The highest BCUT2D eigenvalue weighted by atomic mass is 15.2. The van der Waals surface area contributed by atoms with Crippen LogP contribution in [0.4, 0.5) is 5.69 Å². The Hall–Kier alpha value is -1.09. The third-order valence-electron chi connectivity index (χ3n) is 3.66. The molecule has 0 amide bonds. The third-order valence-corrected chi connectivity index (χ3v) is 3.66. The summed E-state index contributed by atoms with van der Waals surface area (Å²) >= 11 is 0. The van der Waals surface area contributed by atoms with Gasteiger partial charge in [0.1, 0.15) is 0 Å². The van der Waals surface area contributed by atoms with E-state index in [0.29, 0.717) is 12.0 Å². The van der Waals surface area contributed by atoms with Gasteiger partial charge in [-0.15, -0.1) is 0 Å². The van der Waals surface area contributed by atoms with Crippen LogP contribution in [0.3, 0.4) is 0 Å². The van der Waals surface area contributed by atoms with E-state index in [9.17, 15) is 0 Å². The van der Waals surface area contributed by atoms with E-state index in [4.69, 9.17) is 5.73 Å². The molecule has 2 rings (SSSR count). The van der Waals surface area contributed by atoms with E-state index in [1.807, 2.05) is 12.4 Å². The van der Waals surface area contributed by atoms with E-state index in [0.717, 1.165) is 13.1 Å². The Bertz CT molecular complexity index is 351. The normalized spacial score (nSPS) is 25.8. The first-order valence-electron chi connectivity index (χ1n) is 6.11. The molecular weight excluding hydrogens is 198 g/mol. The van der Waals surface area contributed by atoms with Crippen molar-refractivity contribution in [3.05, 3.63) is 24.0 Å². The molecule has 2 heterocycles. The zero-order valence-corrected chi connectivity index (χ0v) is 10.2. The number of piperidine rings is 1. The average molecular weight is 219 g/mol. The quantitative estimate of drug-likeness (QED) is 0.826. The molecule has 2 N–H and O–H groups in total. The van der Waals surface area contributed by atoms with Crippen LogP contribution in [0.2, 0.25) is 0 Å². The van der Waals surface area contributed by atoms with Gasteiger partial charge in [0, 0.05) is 37.2 Å². The minimum absolute atomic E-state index is 0.481. The second kappa shape index (κ2) is 4.83. The monoisotopic (exact) mass is 219 g/mol. The van der Waals surface area contributed by atoms with Crippen LogP contribution in [0.25, 0.3) is 0 Å². The van der Waals surface area contributed by atoms with Crippen LogP contribution in [0.5, 0.6) is 0 Å². The average Bonchev–Trinajstić information content (AvgIpc) is 2.29. The molecule has 0 radical (unpaired) electrons. The molecule has 3 heteroatoms. The van der Waals surface area contributed by atoms with Gasteiger partial charge in [-0.3, -0.25) is 4.98 Å². The fourth-order valence-corrected chi connectivity index (χ4v) is 2.70. The summed E-state index contributed by atoms with van der Waals surface area (Å²) in [7, 11) is 0. The number of aromatic nitrogens is 1. The summed E-state index contributed by atoms with van der Waals surface area (Å²) in [6.07, 6.45) is 6.36. The van der Waals surface area contributed by atoms with Crippen LogP contribution >= 0.6 is 0 Å². The molecule has 1 aromatic rings. The Balaban J connectivity index is 2.28. The van der Waals surface area contributed by atoms with Gasteiger partial charge in [-0.2, -0.15) is 0 Å². The number of rotatable bonds is 2. The second-order valence-corrected chi connectivity index (χ2v) is 4.78. The summed E-state index contributed by atoms with van der Waals surface area (Å²) in [4.78, 5) is 6.62. The van der Waals surface area contributed by atoms with Gasteiger partial charge in [0.25, 0.3) is 0 Å². The van der Waals surface area contributed by atoms with E-state index in [1.54, 1.807) is 0 Å². The molecule has 1 aliphatic heterocycles. The number of nitrogens with zero attached hydrogens (tertiary/aromatic N) is 2. The highest BCUT2D eigenvalue weighted by Gasteiger charge is 2.28. The highest BCUT2D eigenvalue weighted by Crippen LogP contribution is 2.29. The van der Waals surface area contributed by atoms with Crippen molar-refractivity contribution >= 4 is 5.69 Å². The van der Waals surface area contributed by atoms with E-state index >= 15 is 0 Å². The number of nitrogens with two attached hydrogens (primary N) is 1. The Morgan fingerprint density at radius 3 is 3.06 bits per heavy atom. The maximum absolute atomic E-state index is 5.91. The first-order chi connectivity index (χ1) is 7.74. The lowest BCUT2D eigenvalue weighted by atomic mass is 9.90. The molecular formula is C13H21N3. The van der Waals surface area contributed by atoms with E-state index < -0.39 is 0 Å². The van der Waals surface area contributed by atoms with Crippen LogP contribution in [0.1, 0.15) is 25.3 Å². The first kappa shape index (κ1) is 11.4. The minimum Gasteiger partial charge on any atom is -0.367 e. The molecule has 2 unspecified atom stereocenters. The summed E-state index contributed by atoms with van der Waals surface area (Å²) in [6, 6.07) is 2.59. The molecule has 3 nitrogen and oxygen atoms in total. The Labute approximate surface area is 97.7 Å². The number of pyridine rings is 1. The van der Waals surface area contributed by atoms with Crippen molar-refractivity contribution in [2.45, 2.75) is 32.7 Å². The summed E-state index contributed by atoms with van der Waals surface area (Å²) in [5.41, 5.74) is 8.46. The molecule has 1 saturated heterocycles. The van der Waals surface area contributed by atoms with Crippen molar-refractivity contribution in [1.82, 2.24) is 4.98 Å². The third kappa shape index (κ3) is 2.05. The van der Waals surface area contributed by atoms with Gasteiger partial charge in [-0.25, -0.2) is 0 Å². The SMILES string of the molecule is Cc1cnccc1N1CCCC(C)C1CN. The molecule has 0 aromatic carbocycles. The fraction of sp³-hybridized carbons (Fsp3) is 0.615. The van der Waals surface area contributed by atoms with Crippen LogP contribution in [0.15, 0.2) is 18.5 Å². The Morgan fingerprint density at radius 1 is 1.56 bits per heavy atom. The smallest absolute Gasteiger partial charge is 0.0437 e.